The number of carbonyl (C=O) groups is 1. The van der Waals surface area contributed by atoms with Gasteiger partial charge in [-0.05, 0) is 72.1 Å². The summed E-state index contributed by atoms with van der Waals surface area (Å²) in [5.41, 5.74) is 4.60. The van der Waals surface area contributed by atoms with Crippen molar-refractivity contribution >= 4 is 27.2 Å². The molecular formula is C28H26N4O4S. The number of pyridine rings is 2. The maximum Gasteiger partial charge on any atom is 0.251 e. The van der Waals surface area contributed by atoms with Gasteiger partial charge in [0.2, 0.25) is 0 Å². The minimum absolute atomic E-state index is 0.153. The van der Waals surface area contributed by atoms with Crippen LogP contribution in [0.5, 0.6) is 5.75 Å². The highest BCUT2D eigenvalue weighted by Gasteiger charge is 2.20. The standard InChI is InChI=1S/C28H26N4O4S/c1-19-5-6-22(17-26(19)37(2,34)35)28(33)31-18-23-16-21(11-13-29-23)20-7-9-24(10-8-20)32-14-15-36-25-4-3-12-30-27(25)32/h3-13,16-17H,14-15,18H2,1-2H3,(H,31,33). The molecule has 37 heavy (non-hydrogen) atoms. The highest BCUT2D eigenvalue weighted by Crippen LogP contribution is 2.35. The summed E-state index contributed by atoms with van der Waals surface area (Å²) in [7, 11) is -3.42. The lowest BCUT2D eigenvalue weighted by Gasteiger charge is -2.30. The van der Waals surface area contributed by atoms with Crippen molar-refractivity contribution in [3.63, 3.8) is 0 Å². The zero-order valence-corrected chi connectivity index (χ0v) is 21.3. The lowest BCUT2D eigenvalue weighted by atomic mass is 10.1. The molecule has 2 aromatic carbocycles. The molecule has 4 aromatic rings. The van der Waals surface area contributed by atoms with Crippen LogP contribution in [0.25, 0.3) is 11.1 Å². The molecule has 0 fully saturated rings. The third-order valence-electron chi connectivity index (χ3n) is 6.19. The highest BCUT2D eigenvalue weighted by molar-refractivity contribution is 7.90. The van der Waals surface area contributed by atoms with Gasteiger partial charge in [-0.25, -0.2) is 13.4 Å². The van der Waals surface area contributed by atoms with Gasteiger partial charge in [-0.2, -0.15) is 0 Å². The first-order chi connectivity index (χ1) is 17.8. The number of nitrogens with one attached hydrogen (secondary N) is 1. The van der Waals surface area contributed by atoms with E-state index in [1.807, 2.05) is 36.4 Å². The van der Waals surface area contributed by atoms with Gasteiger partial charge in [0.25, 0.3) is 5.91 Å². The first-order valence-corrected chi connectivity index (χ1v) is 13.7. The Morgan fingerprint density at radius 1 is 1.00 bits per heavy atom. The van der Waals surface area contributed by atoms with E-state index >= 15 is 0 Å². The minimum Gasteiger partial charge on any atom is -0.488 e. The maximum absolute atomic E-state index is 12.7. The molecule has 0 atom stereocenters. The molecule has 0 unspecified atom stereocenters. The van der Waals surface area contributed by atoms with Crippen LogP contribution in [0.1, 0.15) is 21.6 Å². The van der Waals surface area contributed by atoms with Gasteiger partial charge in [0, 0.05) is 29.9 Å². The molecule has 0 spiro atoms. The Morgan fingerprint density at radius 2 is 1.81 bits per heavy atom. The van der Waals surface area contributed by atoms with Crippen molar-refractivity contribution in [2.45, 2.75) is 18.4 Å². The number of sulfone groups is 1. The summed E-state index contributed by atoms with van der Waals surface area (Å²) in [6.07, 6.45) is 4.60. The van der Waals surface area contributed by atoms with E-state index in [0.717, 1.165) is 41.2 Å². The van der Waals surface area contributed by atoms with Gasteiger partial charge in [-0.15, -0.1) is 0 Å². The molecule has 9 heteroatoms. The molecular weight excluding hydrogens is 488 g/mol. The Kier molecular flexibility index (Phi) is 6.62. The van der Waals surface area contributed by atoms with Crippen LogP contribution in [0, 0.1) is 6.92 Å². The molecule has 3 heterocycles. The lowest BCUT2D eigenvalue weighted by molar-refractivity contribution is 0.0950. The van der Waals surface area contributed by atoms with Crippen molar-refractivity contribution in [3.05, 3.63) is 95.9 Å². The number of hydrogen-bond acceptors (Lipinski definition) is 7. The molecule has 1 aliphatic rings. The van der Waals surface area contributed by atoms with Crippen LogP contribution in [0.15, 0.2) is 84.0 Å². The third kappa shape index (κ3) is 5.31. The molecule has 5 rings (SSSR count). The molecule has 0 saturated carbocycles. The summed E-state index contributed by atoms with van der Waals surface area (Å²) >= 11 is 0. The molecule has 1 aliphatic heterocycles. The Labute approximate surface area is 215 Å². The normalized spacial score (nSPS) is 13.0. The van der Waals surface area contributed by atoms with Gasteiger partial charge in [-0.3, -0.25) is 9.78 Å². The Bertz CT molecular complexity index is 1570. The molecule has 0 saturated heterocycles. The first-order valence-electron chi connectivity index (χ1n) is 11.8. The van der Waals surface area contributed by atoms with Gasteiger partial charge in [0.05, 0.1) is 23.7 Å². The number of aryl methyl sites for hydroxylation is 1. The van der Waals surface area contributed by atoms with E-state index in [4.69, 9.17) is 4.74 Å². The molecule has 2 aromatic heterocycles. The number of ether oxygens (including phenoxy) is 1. The van der Waals surface area contributed by atoms with Crippen LogP contribution >= 0.6 is 0 Å². The summed E-state index contributed by atoms with van der Waals surface area (Å²) in [5, 5.41) is 2.83. The second kappa shape index (κ2) is 10.0. The van der Waals surface area contributed by atoms with Gasteiger partial charge >= 0.3 is 0 Å². The number of hydrogen-bond donors (Lipinski definition) is 1. The SMILES string of the molecule is Cc1ccc(C(=O)NCc2cc(-c3ccc(N4CCOc5cccnc54)cc3)ccn2)cc1S(C)(=O)=O. The van der Waals surface area contributed by atoms with Crippen LogP contribution in [0.4, 0.5) is 11.5 Å². The second-order valence-corrected chi connectivity index (χ2v) is 10.8. The van der Waals surface area contributed by atoms with Crippen molar-refractivity contribution < 1.29 is 17.9 Å². The predicted octanol–water partition coefficient (Wildman–Crippen LogP) is 4.32. The van der Waals surface area contributed by atoms with Crippen LogP contribution in [-0.2, 0) is 16.4 Å². The van der Waals surface area contributed by atoms with Crippen molar-refractivity contribution in [1.82, 2.24) is 15.3 Å². The fourth-order valence-corrected chi connectivity index (χ4v) is 5.30. The topological polar surface area (TPSA) is 101 Å². The van der Waals surface area contributed by atoms with Crippen LogP contribution in [-0.4, -0.2) is 43.7 Å². The van der Waals surface area contributed by atoms with E-state index in [0.29, 0.717) is 17.9 Å². The maximum atomic E-state index is 12.7. The van der Waals surface area contributed by atoms with Crippen LogP contribution in [0.2, 0.25) is 0 Å². The van der Waals surface area contributed by atoms with Gasteiger partial charge < -0.3 is 15.0 Å². The van der Waals surface area contributed by atoms with E-state index in [1.54, 1.807) is 31.5 Å². The number of rotatable bonds is 6. The van der Waals surface area contributed by atoms with E-state index < -0.39 is 9.84 Å². The number of nitrogens with zero attached hydrogens (tertiary/aromatic N) is 3. The Balaban J connectivity index is 1.29. The van der Waals surface area contributed by atoms with E-state index in [9.17, 15) is 13.2 Å². The number of anilines is 2. The van der Waals surface area contributed by atoms with Crippen LogP contribution in [0.3, 0.4) is 0 Å². The quantitative estimate of drug-likeness (QED) is 0.409. The highest BCUT2D eigenvalue weighted by atomic mass is 32.2. The summed E-state index contributed by atoms with van der Waals surface area (Å²) in [6, 6.07) is 20.5. The molecule has 1 amide bonds. The monoisotopic (exact) mass is 514 g/mol. The molecule has 0 bridgehead atoms. The lowest BCUT2D eigenvalue weighted by Crippen LogP contribution is -2.29. The number of carbonyl (C=O) groups excluding carboxylic acids is 1. The van der Waals surface area contributed by atoms with Crippen molar-refractivity contribution in [1.29, 1.82) is 0 Å². The van der Waals surface area contributed by atoms with E-state index in [-0.39, 0.29) is 22.9 Å². The summed E-state index contributed by atoms with van der Waals surface area (Å²) < 4.78 is 29.7. The predicted molar refractivity (Wildman–Crippen MR) is 142 cm³/mol. The van der Waals surface area contributed by atoms with Gasteiger partial charge in [0.15, 0.2) is 21.4 Å². The largest absolute Gasteiger partial charge is 0.488 e. The Hall–Kier alpha value is -4.24. The summed E-state index contributed by atoms with van der Waals surface area (Å²) in [4.78, 5) is 23.8. The fourth-order valence-electron chi connectivity index (χ4n) is 4.30. The average molecular weight is 515 g/mol. The second-order valence-electron chi connectivity index (χ2n) is 8.84. The van der Waals surface area contributed by atoms with Gasteiger partial charge in [-0.1, -0.05) is 18.2 Å². The summed E-state index contributed by atoms with van der Waals surface area (Å²) in [5.74, 6) is 1.22. The molecule has 8 nitrogen and oxygen atoms in total. The van der Waals surface area contributed by atoms with E-state index in [2.05, 4.69) is 32.3 Å². The molecule has 0 radical (unpaired) electrons. The van der Waals surface area contributed by atoms with Crippen molar-refractivity contribution in [3.8, 4) is 16.9 Å². The molecule has 0 aliphatic carbocycles. The van der Waals surface area contributed by atoms with E-state index in [1.165, 1.54) is 6.07 Å². The molecule has 1 N–H and O–H groups in total. The smallest absolute Gasteiger partial charge is 0.251 e. The van der Waals surface area contributed by atoms with Crippen molar-refractivity contribution in [2.75, 3.05) is 24.3 Å². The zero-order chi connectivity index (χ0) is 26.0. The van der Waals surface area contributed by atoms with Crippen LogP contribution < -0.4 is 15.0 Å². The fraction of sp³-hybridized carbons (Fsp3) is 0.179. The number of aromatic nitrogens is 2. The first kappa shape index (κ1) is 24.5. The van der Waals surface area contributed by atoms with Gasteiger partial charge in [0.1, 0.15) is 6.61 Å². The number of benzene rings is 2. The zero-order valence-electron chi connectivity index (χ0n) is 20.5. The molecule has 188 valence electrons. The Morgan fingerprint density at radius 3 is 2.59 bits per heavy atom. The van der Waals surface area contributed by atoms with Crippen molar-refractivity contribution in [2.24, 2.45) is 0 Å². The average Bonchev–Trinajstić information content (AvgIpc) is 2.91. The third-order valence-corrected chi connectivity index (χ3v) is 7.43. The number of amides is 1. The summed E-state index contributed by atoms with van der Waals surface area (Å²) in [6.45, 7) is 3.23. The number of fused-ring (bicyclic) bond motifs is 1. The minimum atomic E-state index is -3.42.